The van der Waals surface area contributed by atoms with Crippen molar-refractivity contribution in [3.63, 3.8) is 0 Å². The van der Waals surface area contributed by atoms with Crippen molar-refractivity contribution in [2.24, 2.45) is 0 Å². The molecule has 1 unspecified atom stereocenters. The molecule has 2 heterocycles. The first kappa shape index (κ1) is 27.9. The van der Waals surface area contributed by atoms with Crippen LogP contribution in [0.25, 0.3) is 0 Å². The molecule has 0 fully saturated rings. The quantitative estimate of drug-likeness (QED) is 0.214. The normalized spacial score (nSPS) is 14.4. The molecule has 1 amide bonds. The van der Waals surface area contributed by atoms with Crippen LogP contribution in [0.5, 0.6) is 11.5 Å². The van der Waals surface area contributed by atoms with E-state index in [0.29, 0.717) is 49.8 Å². The van der Waals surface area contributed by atoms with Gasteiger partial charge in [0.25, 0.3) is 5.91 Å². The Labute approximate surface area is 249 Å². The molecular weight excluding hydrogens is 619 g/mol. The maximum Gasteiger partial charge on any atom is 0.255 e. The number of carbonyl (C=O) groups is 1. The van der Waals surface area contributed by atoms with E-state index in [0.717, 1.165) is 22.4 Å². The van der Waals surface area contributed by atoms with E-state index in [1.807, 2.05) is 63.2 Å². The molecule has 2 N–H and O–H groups in total. The molecule has 40 heavy (non-hydrogen) atoms. The minimum Gasteiger partial charge on any atom is -0.490 e. The largest absolute Gasteiger partial charge is 0.490 e. The summed E-state index contributed by atoms with van der Waals surface area (Å²) in [6.07, 6.45) is 0. The number of aromatic nitrogens is 4. The molecule has 0 bridgehead atoms. The Kier molecular flexibility index (Phi) is 8.30. The molecule has 12 heteroatoms. The van der Waals surface area contributed by atoms with E-state index < -0.39 is 6.04 Å². The summed E-state index contributed by atoms with van der Waals surface area (Å²) in [5.74, 6) is 1.15. The highest BCUT2D eigenvalue weighted by Crippen LogP contribution is 2.43. The molecule has 0 saturated carbocycles. The molecule has 3 aromatic carbocycles. The van der Waals surface area contributed by atoms with Gasteiger partial charge in [-0.15, -0.1) is 0 Å². The standard InChI is InChI=1S/C28H25BrCl2N6O3/c1-4-39-23-13-18(12-19(29)26(23)40-14-17-9-10-20(30)21(31)11-17)25-24(16(3)32-28-34-35-36-37(25)28)27(38)33-22-8-6-5-7-15(22)2/h5-13,25H,4,14H2,1-3H3,(H,33,38)(H,32,34,36). The summed E-state index contributed by atoms with van der Waals surface area (Å²) in [6, 6.07) is 16.0. The van der Waals surface area contributed by atoms with Gasteiger partial charge in [-0.25, -0.2) is 0 Å². The fraction of sp³-hybridized carbons (Fsp3) is 0.214. The molecule has 1 aliphatic rings. The Hall–Kier alpha value is -3.60. The number of hydrogen-bond acceptors (Lipinski definition) is 7. The second-order valence-corrected chi connectivity index (χ2v) is 10.8. The summed E-state index contributed by atoms with van der Waals surface area (Å²) in [4.78, 5) is 13.7. The van der Waals surface area contributed by atoms with Gasteiger partial charge in [-0.1, -0.05) is 52.6 Å². The van der Waals surface area contributed by atoms with E-state index in [1.165, 1.54) is 0 Å². The summed E-state index contributed by atoms with van der Waals surface area (Å²) in [7, 11) is 0. The van der Waals surface area contributed by atoms with Crippen LogP contribution >= 0.6 is 39.1 Å². The average Bonchev–Trinajstić information content (AvgIpc) is 3.38. The number of tetrazole rings is 1. The number of hydrogen-bond donors (Lipinski definition) is 2. The molecule has 0 spiro atoms. The Morgan fingerprint density at radius 2 is 1.90 bits per heavy atom. The van der Waals surface area contributed by atoms with E-state index in [4.69, 9.17) is 32.7 Å². The first-order valence-corrected chi connectivity index (χ1v) is 14.0. The first-order chi connectivity index (χ1) is 19.3. The minimum absolute atomic E-state index is 0.239. The fourth-order valence-electron chi connectivity index (χ4n) is 4.45. The van der Waals surface area contributed by atoms with E-state index >= 15 is 0 Å². The molecule has 1 aromatic heterocycles. The van der Waals surface area contributed by atoms with E-state index in [2.05, 4.69) is 42.1 Å². The lowest BCUT2D eigenvalue weighted by molar-refractivity contribution is -0.113. The van der Waals surface area contributed by atoms with Gasteiger partial charge in [0.05, 0.1) is 26.7 Å². The van der Waals surface area contributed by atoms with E-state index in [9.17, 15) is 4.79 Å². The molecule has 0 radical (unpaired) electrons. The van der Waals surface area contributed by atoms with Crippen LogP contribution in [0.4, 0.5) is 11.6 Å². The van der Waals surface area contributed by atoms with E-state index in [-0.39, 0.29) is 12.5 Å². The highest BCUT2D eigenvalue weighted by molar-refractivity contribution is 9.10. The summed E-state index contributed by atoms with van der Waals surface area (Å²) in [5.41, 5.74) is 4.33. The summed E-state index contributed by atoms with van der Waals surface area (Å²) < 4.78 is 14.4. The van der Waals surface area contributed by atoms with Crippen molar-refractivity contribution in [2.45, 2.75) is 33.4 Å². The number of ether oxygens (including phenoxy) is 2. The molecule has 5 rings (SSSR count). The van der Waals surface area contributed by atoms with Crippen LogP contribution in [0.1, 0.15) is 36.6 Å². The van der Waals surface area contributed by atoms with Gasteiger partial charge in [-0.2, -0.15) is 4.68 Å². The number of carbonyl (C=O) groups excluding carboxylic acids is 1. The molecule has 0 saturated heterocycles. The number of nitrogens with one attached hydrogen (secondary N) is 2. The molecule has 0 aliphatic carbocycles. The summed E-state index contributed by atoms with van der Waals surface area (Å²) >= 11 is 15.9. The van der Waals surface area contributed by atoms with Gasteiger partial charge in [0, 0.05) is 11.4 Å². The highest BCUT2D eigenvalue weighted by Gasteiger charge is 2.35. The lowest BCUT2D eigenvalue weighted by Crippen LogP contribution is -2.31. The number of allylic oxidation sites excluding steroid dienone is 1. The van der Waals surface area contributed by atoms with Crippen molar-refractivity contribution in [1.29, 1.82) is 0 Å². The average molecular weight is 644 g/mol. The van der Waals surface area contributed by atoms with Crippen molar-refractivity contribution < 1.29 is 14.3 Å². The number of aryl methyl sites for hydroxylation is 1. The second-order valence-electron chi connectivity index (χ2n) is 9.08. The van der Waals surface area contributed by atoms with E-state index in [1.54, 1.807) is 16.8 Å². The zero-order valence-electron chi connectivity index (χ0n) is 21.8. The Balaban J connectivity index is 1.53. The Morgan fingerprint density at radius 1 is 1.10 bits per heavy atom. The minimum atomic E-state index is -0.644. The number of amides is 1. The molecule has 4 aromatic rings. The van der Waals surface area contributed by atoms with Crippen LogP contribution in [-0.2, 0) is 11.4 Å². The van der Waals surface area contributed by atoms with Crippen LogP contribution in [-0.4, -0.2) is 32.7 Å². The molecule has 1 aliphatic heterocycles. The maximum atomic E-state index is 13.7. The van der Waals surface area contributed by atoms with Crippen molar-refractivity contribution in [2.75, 3.05) is 17.2 Å². The predicted molar refractivity (Wildman–Crippen MR) is 158 cm³/mol. The third-order valence-corrected chi connectivity index (χ3v) is 7.69. The Morgan fingerprint density at radius 3 is 2.65 bits per heavy atom. The van der Waals surface area contributed by atoms with Gasteiger partial charge in [-0.05, 0) is 94.2 Å². The van der Waals surface area contributed by atoms with Crippen molar-refractivity contribution in [1.82, 2.24) is 20.2 Å². The van der Waals surface area contributed by atoms with Gasteiger partial charge >= 0.3 is 0 Å². The zero-order valence-corrected chi connectivity index (χ0v) is 24.9. The van der Waals surface area contributed by atoms with Gasteiger partial charge < -0.3 is 20.1 Å². The van der Waals surface area contributed by atoms with Gasteiger partial charge in [0.1, 0.15) is 12.6 Å². The molecule has 206 valence electrons. The maximum absolute atomic E-state index is 13.7. The van der Waals surface area contributed by atoms with Gasteiger partial charge in [0.15, 0.2) is 11.5 Å². The molecule has 1 atom stereocenters. The van der Waals surface area contributed by atoms with Crippen LogP contribution in [0.15, 0.2) is 70.3 Å². The second kappa shape index (κ2) is 11.9. The first-order valence-electron chi connectivity index (χ1n) is 12.4. The monoisotopic (exact) mass is 642 g/mol. The third kappa shape index (κ3) is 5.65. The van der Waals surface area contributed by atoms with Crippen LogP contribution in [0.3, 0.4) is 0 Å². The van der Waals surface area contributed by atoms with Crippen molar-refractivity contribution in [3.05, 3.63) is 97.1 Å². The number of halogens is 3. The number of benzene rings is 3. The zero-order chi connectivity index (χ0) is 28.4. The molecule has 9 nitrogen and oxygen atoms in total. The number of anilines is 2. The van der Waals surface area contributed by atoms with Crippen LogP contribution in [0.2, 0.25) is 10.0 Å². The summed E-state index contributed by atoms with van der Waals surface area (Å²) in [5, 5.41) is 19.2. The van der Waals surface area contributed by atoms with Crippen molar-refractivity contribution in [3.8, 4) is 11.5 Å². The van der Waals surface area contributed by atoms with Crippen LogP contribution < -0.4 is 20.1 Å². The van der Waals surface area contributed by atoms with Crippen molar-refractivity contribution >= 4 is 56.7 Å². The number of fused-ring (bicyclic) bond motifs is 1. The van der Waals surface area contributed by atoms with Gasteiger partial charge in [-0.3, -0.25) is 4.79 Å². The number of para-hydroxylation sites is 1. The molecular formula is C28H25BrCl2N6O3. The smallest absolute Gasteiger partial charge is 0.255 e. The number of rotatable bonds is 8. The Bertz CT molecular complexity index is 1620. The highest BCUT2D eigenvalue weighted by atomic mass is 79.9. The lowest BCUT2D eigenvalue weighted by Gasteiger charge is -2.29. The lowest BCUT2D eigenvalue weighted by atomic mass is 9.94. The predicted octanol–water partition coefficient (Wildman–Crippen LogP) is 6.96. The fourth-order valence-corrected chi connectivity index (χ4v) is 5.35. The van der Waals surface area contributed by atoms with Crippen LogP contribution in [0, 0.1) is 6.92 Å². The topological polar surface area (TPSA) is 103 Å². The van der Waals surface area contributed by atoms with Gasteiger partial charge in [0.2, 0.25) is 5.95 Å². The summed E-state index contributed by atoms with van der Waals surface area (Å²) in [6.45, 7) is 6.29. The third-order valence-electron chi connectivity index (χ3n) is 6.37. The SMILES string of the molecule is CCOc1cc(C2C(C(=O)Nc3ccccc3C)=C(C)Nc3nnnn32)cc(Br)c1OCc1ccc(Cl)c(Cl)c1. The number of nitrogens with zero attached hydrogens (tertiary/aromatic N) is 4.